The second kappa shape index (κ2) is 4.83. The Morgan fingerprint density at radius 2 is 2.07 bits per heavy atom. The molecular formula is C11H12INO2. The fraction of sp³-hybridized carbons (Fsp3) is 0.364. The highest BCUT2D eigenvalue weighted by atomic mass is 127. The summed E-state index contributed by atoms with van der Waals surface area (Å²) in [5, 5.41) is 0. The third-order valence-electron chi connectivity index (χ3n) is 2.30. The van der Waals surface area contributed by atoms with Crippen molar-refractivity contribution in [3.05, 3.63) is 35.9 Å². The molecule has 1 fully saturated rings. The lowest BCUT2D eigenvalue weighted by Crippen LogP contribution is -2.50. The smallest absolute Gasteiger partial charge is 0.410 e. The number of carbonyl (C=O) groups is 1. The molecular weight excluding hydrogens is 305 g/mol. The maximum Gasteiger partial charge on any atom is 0.410 e. The summed E-state index contributed by atoms with van der Waals surface area (Å²) >= 11 is 2.33. The summed E-state index contributed by atoms with van der Waals surface area (Å²) in [6.07, 6.45) is -0.202. The van der Waals surface area contributed by atoms with Crippen molar-refractivity contribution in [2.24, 2.45) is 0 Å². The van der Waals surface area contributed by atoms with Crippen LogP contribution in [0.5, 0.6) is 0 Å². The number of likely N-dealkylation sites (tertiary alicyclic amines) is 1. The van der Waals surface area contributed by atoms with Crippen molar-refractivity contribution in [3.63, 3.8) is 0 Å². The molecule has 1 saturated heterocycles. The minimum atomic E-state index is -0.202. The van der Waals surface area contributed by atoms with Crippen LogP contribution < -0.4 is 0 Å². The first-order valence-electron chi connectivity index (χ1n) is 4.85. The van der Waals surface area contributed by atoms with Crippen LogP contribution in [0.2, 0.25) is 0 Å². The van der Waals surface area contributed by atoms with Crippen molar-refractivity contribution in [3.8, 4) is 0 Å². The lowest BCUT2D eigenvalue weighted by molar-refractivity contribution is 0.0795. The lowest BCUT2D eigenvalue weighted by Gasteiger charge is -2.34. The standard InChI is InChI=1S/C11H12INO2/c12-10-6-13(7-10)11(14)15-8-9-4-2-1-3-5-9/h1-5,10H,6-8H2. The number of alkyl halides is 1. The van der Waals surface area contributed by atoms with E-state index >= 15 is 0 Å². The van der Waals surface area contributed by atoms with E-state index in [2.05, 4.69) is 22.6 Å². The highest BCUT2D eigenvalue weighted by Crippen LogP contribution is 2.17. The number of carbonyl (C=O) groups excluding carboxylic acids is 1. The first kappa shape index (κ1) is 10.7. The van der Waals surface area contributed by atoms with Crippen LogP contribution in [0, 0.1) is 0 Å². The zero-order valence-corrected chi connectivity index (χ0v) is 10.4. The molecule has 0 atom stereocenters. The number of rotatable bonds is 2. The molecule has 1 amide bonds. The van der Waals surface area contributed by atoms with E-state index in [-0.39, 0.29) is 6.09 Å². The fourth-order valence-corrected chi connectivity index (χ4v) is 2.34. The van der Waals surface area contributed by atoms with Crippen molar-refractivity contribution in [2.45, 2.75) is 10.5 Å². The molecule has 0 bridgehead atoms. The summed E-state index contributed by atoms with van der Waals surface area (Å²) in [5.41, 5.74) is 1.03. The molecule has 0 unspecified atom stereocenters. The van der Waals surface area contributed by atoms with Crippen molar-refractivity contribution >= 4 is 28.7 Å². The van der Waals surface area contributed by atoms with Gasteiger partial charge in [0.05, 0.1) is 0 Å². The predicted molar refractivity (Wildman–Crippen MR) is 66.0 cm³/mol. The Hall–Kier alpha value is -0.780. The van der Waals surface area contributed by atoms with Gasteiger partial charge in [0.2, 0.25) is 0 Å². The Balaban J connectivity index is 1.76. The number of benzene rings is 1. The molecule has 3 nitrogen and oxygen atoms in total. The number of hydrogen-bond donors (Lipinski definition) is 0. The zero-order valence-electron chi connectivity index (χ0n) is 8.23. The number of hydrogen-bond acceptors (Lipinski definition) is 2. The average molecular weight is 317 g/mol. The van der Waals surface area contributed by atoms with Crippen LogP contribution in [-0.2, 0) is 11.3 Å². The second-order valence-electron chi connectivity index (χ2n) is 3.54. The van der Waals surface area contributed by atoms with E-state index in [9.17, 15) is 4.79 Å². The van der Waals surface area contributed by atoms with E-state index in [1.54, 1.807) is 4.90 Å². The van der Waals surface area contributed by atoms with Gasteiger partial charge in [0, 0.05) is 17.0 Å². The lowest BCUT2D eigenvalue weighted by atomic mass is 10.2. The molecule has 0 radical (unpaired) electrons. The maximum absolute atomic E-state index is 11.4. The van der Waals surface area contributed by atoms with Crippen LogP contribution in [0.4, 0.5) is 4.79 Å². The van der Waals surface area contributed by atoms with Gasteiger partial charge in [-0.2, -0.15) is 0 Å². The number of nitrogens with zero attached hydrogens (tertiary/aromatic N) is 1. The first-order chi connectivity index (χ1) is 7.25. The van der Waals surface area contributed by atoms with Crippen molar-refractivity contribution in [2.75, 3.05) is 13.1 Å². The molecule has 80 valence electrons. The summed E-state index contributed by atoms with van der Waals surface area (Å²) in [5.74, 6) is 0. The van der Waals surface area contributed by atoms with Crippen molar-refractivity contribution in [1.29, 1.82) is 0 Å². The summed E-state index contributed by atoms with van der Waals surface area (Å²) < 4.78 is 5.75. The van der Waals surface area contributed by atoms with Gasteiger partial charge in [-0.1, -0.05) is 52.9 Å². The highest BCUT2D eigenvalue weighted by Gasteiger charge is 2.29. The molecule has 2 rings (SSSR count). The van der Waals surface area contributed by atoms with Gasteiger partial charge in [-0.05, 0) is 5.56 Å². The molecule has 4 heteroatoms. The molecule has 0 aromatic heterocycles. The van der Waals surface area contributed by atoms with Gasteiger partial charge >= 0.3 is 6.09 Å². The zero-order chi connectivity index (χ0) is 10.7. The highest BCUT2D eigenvalue weighted by molar-refractivity contribution is 14.1. The van der Waals surface area contributed by atoms with Crippen molar-refractivity contribution < 1.29 is 9.53 Å². The number of amides is 1. The van der Waals surface area contributed by atoms with Crippen LogP contribution in [0.15, 0.2) is 30.3 Å². The molecule has 15 heavy (non-hydrogen) atoms. The monoisotopic (exact) mass is 317 g/mol. The van der Waals surface area contributed by atoms with Crippen LogP contribution in [0.25, 0.3) is 0 Å². The molecule has 1 heterocycles. The van der Waals surface area contributed by atoms with Crippen molar-refractivity contribution in [1.82, 2.24) is 4.90 Å². The average Bonchev–Trinajstić information content (AvgIpc) is 2.23. The summed E-state index contributed by atoms with van der Waals surface area (Å²) in [6, 6.07) is 9.72. The summed E-state index contributed by atoms with van der Waals surface area (Å²) in [7, 11) is 0. The van der Waals surface area contributed by atoms with E-state index in [4.69, 9.17) is 4.74 Å². The third kappa shape index (κ3) is 2.84. The van der Waals surface area contributed by atoms with Gasteiger partial charge in [0.15, 0.2) is 0 Å². The van der Waals surface area contributed by atoms with Gasteiger partial charge in [0.1, 0.15) is 6.61 Å². The molecule has 0 N–H and O–H groups in total. The van der Waals surface area contributed by atoms with Gasteiger partial charge < -0.3 is 9.64 Å². The molecule has 0 aliphatic carbocycles. The largest absolute Gasteiger partial charge is 0.445 e. The van der Waals surface area contributed by atoms with E-state index in [1.165, 1.54) is 0 Å². The Bertz CT molecular complexity index is 336. The van der Waals surface area contributed by atoms with Crippen LogP contribution in [0.1, 0.15) is 5.56 Å². The number of halogens is 1. The third-order valence-corrected chi connectivity index (χ3v) is 3.09. The Morgan fingerprint density at radius 1 is 1.40 bits per heavy atom. The topological polar surface area (TPSA) is 29.5 Å². The van der Waals surface area contributed by atoms with Crippen LogP contribution in [0.3, 0.4) is 0 Å². The predicted octanol–water partition coefficient (Wildman–Crippen LogP) is 2.44. The van der Waals surface area contributed by atoms with E-state index in [1.807, 2.05) is 30.3 Å². The van der Waals surface area contributed by atoms with E-state index < -0.39 is 0 Å². The maximum atomic E-state index is 11.4. The molecule has 1 aromatic carbocycles. The first-order valence-corrected chi connectivity index (χ1v) is 6.10. The molecule has 1 aliphatic heterocycles. The van der Waals surface area contributed by atoms with Gasteiger partial charge in [-0.3, -0.25) is 0 Å². The van der Waals surface area contributed by atoms with Gasteiger partial charge in [-0.15, -0.1) is 0 Å². The Kier molecular flexibility index (Phi) is 3.45. The molecule has 0 spiro atoms. The number of ether oxygens (including phenoxy) is 1. The summed E-state index contributed by atoms with van der Waals surface area (Å²) in [6.45, 7) is 1.99. The normalized spacial score (nSPS) is 15.9. The van der Waals surface area contributed by atoms with Crippen LogP contribution in [-0.4, -0.2) is 28.0 Å². The molecule has 0 saturated carbocycles. The van der Waals surface area contributed by atoms with Gasteiger partial charge in [0.25, 0.3) is 0 Å². The van der Waals surface area contributed by atoms with E-state index in [0.717, 1.165) is 18.7 Å². The Labute approximate surface area is 103 Å². The molecule has 1 aliphatic rings. The quantitative estimate of drug-likeness (QED) is 0.619. The SMILES string of the molecule is O=C(OCc1ccccc1)N1CC(I)C1. The minimum absolute atomic E-state index is 0.202. The molecule has 1 aromatic rings. The van der Waals surface area contributed by atoms with Gasteiger partial charge in [-0.25, -0.2) is 4.79 Å². The summed E-state index contributed by atoms with van der Waals surface area (Å²) in [4.78, 5) is 13.2. The minimum Gasteiger partial charge on any atom is -0.445 e. The Morgan fingerprint density at radius 3 is 2.67 bits per heavy atom. The van der Waals surface area contributed by atoms with Crippen LogP contribution >= 0.6 is 22.6 Å². The van der Waals surface area contributed by atoms with E-state index in [0.29, 0.717) is 10.5 Å². The fourth-order valence-electron chi connectivity index (χ4n) is 1.38. The second-order valence-corrected chi connectivity index (χ2v) is 5.30.